The van der Waals surface area contributed by atoms with Crippen molar-refractivity contribution in [1.29, 1.82) is 0 Å². The fourth-order valence-corrected chi connectivity index (χ4v) is 2.51. The molecule has 0 aliphatic carbocycles. The summed E-state index contributed by atoms with van der Waals surface area (Å²) < 4.78 is 10.5. The molecule has 4 nitrogen and oxygen atoms in total. The first-order valence-electron chi connectivity index (χ1n) is 9.95. The molecule has 0 aliphatic heterocycles. The van der Waals surface area contributed by atoms with Crippen LogP contribution in [0.4, 0.5) is 0 Å². The highest BCUT2D eigenvalue weighted by molar-refractivity contribution is 5.69. The Kier molecular flexibility index (Phi) is 16.0. The molecule has 4 heteroatoms. The van der Waals surface area contributed by atoms with Crippen molar-refractivity contribution < 1.29 is 19.1 Å². The second kappa shape index (κ2) is 16.8. The van der Waals surface area contributed by atoms with Crippen LogP contribution in [0.25, 0.3) is 0 Å². The maximum atomic E-state index is 11.7. The van der Waals surface area contributed by atoms with E-state index in [0.29, 0.717) is 32.0 Å². The highest BCUT2D eigenvalue weighted by Gasteiger charge is 2.10. The van der Waals surface area contributed by atoms with Gasteiger partial charge in [-0.3, -0.25) is 9.59 Å². The van der Waals surface area contributed by atoms with E-state index in [9.17, 15) is 9.59 Å². The van der Waals surface area contributed by atoms with Gasteiger partial charge in [0.1, 0.15) is 0 Å². The van der Waals surface area contributed by atoms with Crippen LogP contribution in [0.5, 0.6) is 0 Å². The quantitative estimate of drug-likeness (QED) is 0.277. The van der Waals surface area contributed by atoms with Crippen LogP contribution in [0.1, 0.15) is 97.8 Å². The van der Waals surface area contributed by atoms with E-state index < -0.39 is 0 Å². The van der Waals surface area contributed by atoms with Crippen molar-refractivity contribution >= 4 is 11.9 Å². The molecule has 0 aromatic rings. The van der Waals surface area contributed by atoms with Crippen molar-refractivity contribution in [2.24, 2.45) is 5.92 Å². The van der Waals surface area contributed by atoms with Gasteiger partial charge in [0, 0.05) is 12.8 Å². The van der Waals surface area contributed by atoms with Crippen LogP contribution >= 0.6 is 0 Å². The zero-order chi connectivity index (χ0) is 18.0. The Morgan fingerprint density at radius 1 is 0.750 bits per heavy atom. The average Bonchev–Trinajstić information content (AvgIpc) is 2.58. The Balaban J connectivity index is 3.52. The van der Waals surface area contributed by atoms with E-state index in [1.54, 1.807) is 0 Å². The predicted molar refractivity (Wildman–Crippen MR) is 97.8 cm³/mol. The van der Waals surface area contributed by atoms with Crippen LogP contribution in [-0.4, -0.2) is 25.2 Å². The number of unbranched alkanes of at least 4 members (excludes halogenated alkanes) is 5. The second-order valence-electron chi connectivity index (χ2n) is 6.59. The molecule has 0 bridgehead atoms. The minimum atomic E-state index is -0.115. The van der Waals surface area contributed by atoms with E-state index in [0.717, 1.165) is 51.4 Å². The van der Waals surface area contributed by atoms with Gasteiger partial charge in [-0.15, -0.1) is 0 Å². The molecule has 0 saturated carbocycles. The zero-order valence-corrected chi connectivity index (χ0v) is 16.1. The predicted octanol–water partition coefficient (Wildman–Crippen LogP) is 5.43. The molecule has 0 aliphatic rings. The molecule has 0 rings (SSSR count). The standard InChI is InChI=1S/C20H38O4/c1-4-7-12-16-23-19(21)14-10-9-11-15-20(22)24-17-18(6-3)13-8-5-2/h18H,4-17H2,1-3H3. The SMILES string of the molecule is CCCCCOC(=O)CCCCCC(=O)OCC(CC)CCCC. The third-order valence-electron chi connectivity index (χ3n) is 4.30. The van der Waals surface area contributed by atoms with Crippen LogP contribution in [0.2, 0.25) is 0 Å². The minimum Gasteiger partial charge on any atom is -0.466 e. The molecular weight excluding hydrogens is 304 g/mol. The largest absolute Gasteiger partial charge is 0.466 e. The van der Waals surface area contributed by atoms with Gasteiger partial charge in [0.05, 0.1) is 13.2 Å². The third-order valence-corrected chi connectivity index (χ3v) is 4.30. The number of carbonyl (C=O) groups is 2. The second-order valence-corrected chi connectivity index (χ2v) is 6.59. The molecule has 0 aromatic heterocycles. The van der Waals surface area contributed by atoms with Gasteiger partial charge >= 0.3 is 11.9 Å². The van der Waals surface area contributed by atoms with Gasteiger partial charge in [-0.2, -0.15) is 0 Å². The van der Waals surface area contributed by atoms with Crippen molar-refractivity contribution in [2.45, 2.75) is 97.8 Å². The van der Waals surface area contributed by atoms with Crippen molar-refractivity contribution in [2.75, 3.05) is 13.2 Å². The Bertz CT molecular complexity index is 315. The van der Waals surface area contributed by atoms with Crippen LogP contribution in [0.15, 0.2) is 0 Å². The molecule has 0 aromatic carbocycles. The lowest BCUT2D eigenvalue weighted by molar-refractivity contribution is -0.145. The summed E-state index contributed by atoms with van der Waals surface area (Å²) in [6.07, 6.45) is 11.1. The van der Waals surface area contributed by atoms with Crippen LogP contribution < -0.4 is 0 Å². The molecular formula is C20H38O4. The lowest BCUT2D eigenvalue weighted by atomic mass is 10.0. The number of rotatable bonds is 16. The highest BCUT2D eigenvalue weighted by atomic mass is 16.5. The molecule has 1 atom stereocenters. The smallest absolute Gasteiger partial charge is 0.305 e. The first-order chi connectivity index (χ1) is 11.6. The molecule has 1 unspecified atom stereocenters. The average molecular weight is 343 g/mol. The topological polar surface area (TPSA) is 52.6 Å². The fraction of sp³-hybridized carbons (Fsp3) is 0.900. The van der Waals surface area contributed by atoms with E-state index in [1.165, 1.54) is 12.8 Å². The first kappa shape index (κ1) is 22.9. The summed E-state index contributed by atoms with van der Waals surface area (Å²) in [4.78, 5) is 23.2. The monoisotopic (exact) mass is 342 g/mol. The number of esters is 2. The van der Waals surface area contributed by atoms with E-state index in [4.69, 9.17) is 9.47 Å². The zero-order valence-electron chi connectivity index (χ0n) is 16.1. The van der Waals surface area contributed by atoms with E-state index in [2.05, 4.69) is 20.8 Å². The molecule has 0 N–H and O–H groups in total. The van der Waals surface area contributed by atoms with Gasteiger partial charge in [0.2, 0.25) is 0 Å². The molecule has 0 radical (unpaired) electrons. The molecule has 0 spiro atoms. The lowest BCUT2D eigenvalue weighted by Gasteiger charge is -2.14. The minimum absolute atomic E-state index is 0.105. The van der Waals surface area contributed by atoms with Gasteiger partial charge in [-0.1, -0.05) is 59.3 Å². The molecule has 0 saturated heterocycles. The number of hydrogen-bond acceptors (Lipinski definition) is 4. The summed E-state index contributed by atoms with van der Waals surface area (Å²) in [6, 6.07) is 0. The van der Waals surface area contributed by atoms with Crippen LogP contribution in [0.3, 0.4) is 0 Å². The normalized spacial score (nSPS) is 12.0. The molecule has 0 heterocycles. The summed E-state index contributed by atoms with van der Waals surface area (Å²) in [7, 11) is 0. The Hall–Kier alpha value is -1.06. The van der Waals surface area contributed by atoms with Gasteiger partial charge in [-0.05, 0) is 31.6 Å². The Morgan fingerprint density at radius 3 is 1.96 bits per heavy atom. The van der Waals surface area contributed by atoms with Crippen molar-refractivity contribution in [3.63, 3.8) is 0 Å². The van der Waals surface area contributed by atoms with E-state index >= 15 is 0 Å². The van der Waals surface area contributed by atoms with Gasteiger partial charge in [0.25, 0.3) is 0 Å². The maximum absolute atomic E-state index is 11.7. The van der Waals surface area contributed by atoms with Crippen molar-refractivity contribution in [1.82, 2.24) is 0 Å². The van der Waals surface area contributed by atoms with Gasteiger partial charge in [-0.25, -0.2) is 0 Å². The lowest BCUT2D eigenvalue weighted by Crippen LogP contribution is -2.13. The van der Waals surface area contributed by atoms with Crippen LogP contribution in [-0.2, 0) is 19.1 Å². The van der Waals surface area contributed by atoms with Crippen molar-refractivity contribution in [3.05, 3.63) is 0 Å². The van der Waals surface area contributed by atoms with Crippen molar-refractivity contribution in [3.8, 4) is 0 Å². The summed E-state index contributed by atoms with van der Waals surface area (Å²) in [5.74, 6) is 0.277. The maximum Gasteiger partial charge on any atom is 0.305 e. The summed E-state index contributed by atoms with van der Waals surface area (Å²) in [5.41, 5.74) is 0. The molecule has 24 heavy (non-hydrogen) atoms. The fourth-order valence-electron chi connectivity index (χ4n) is 2.51. The number of ether oxygens (including phenoxy) is 2. The number of carbonyl (C=O) groups excluding carboxylic acids is 2. The third kappa shape index (κ3) is 14.5. The first-order valence-corrected chi connectivity index (χ1v) is 9.95. The summed E-state index contributed by atoms with van der Waals surface area (Å²) in [5, 5.41) is 0. The Labute approximate surface area is 148 Å². The van der Waals surface area contributed by atoms with E-state index in [-0.39, 0.29) is 11.9 Å². The van der Waals surface area contributed by atoms with Gasteiger partial charge in [0.15, 0.2) is 0 Å². The van der Waals surface area contributed by atoms with E-state index in [1.807, 2.05) is 0 Å². The molecule has 0 fully saturated rings. The summed E-state index contributed by atoms with van der Waals surface area (Å²) in [6.45, 7) is 7.55. The van der Waals surface area contributed by atoms with Crippen LogP contribution in [0, 0.1) is 5.92 Å². The molecule has 142 valence electrons. The Morgan fingerprint density at radius 2 is 1.38 bits per heavy atom. The summed E-state index contributed by atoms with van der Waals surface area (Å²) >= 11 is 0. The van der Waals surface area contributed by atoms with Gasteiger partial charge < -0.3 is 9.47 Å². The highest BCUT2D eigenvalue weighted by Crippen LogP contribution is 2.13. The molecule has 0 amide bonds. The number of hydrogen-bond donors (Lipinski definition) is 0.